The molecule has 0 heterocycles. The summed E-state index contributed by atoms with van der Waals surface area (Å²) in [4.78, 5) is 0. The molecule has 0 radical (unpaired) electrons. The molecule has 0 bridgehead atoms. The summed E-state index contributed by atoms with van der Waals surface area (Å²) in [7, 11) is 0. The van der Waals surface area contributed by atoms with Crippen LogP contribution in [0.3, 0.4) is 0 Å². The Morgan fingerprint density at radius 1 is 0.964 bits per heavy atom. The van der Waals surface area contributed by atoms with Crippen LogP contribution in [0.2, 0.25) is 0 Å². The van der Waals surface area contributed by atoms with Crippen LogP contribution in [0.4, 0.5) is 0 Å². The fourth-order valence-electron chi connectivity index (χ4n) is 8.08. The molecule has 0 aliphatic heterocycles. The summed E-state index contributed by atoms with van der Waals surface area (Å²) < 4.78 is 6.32. The van der Waals surface area contributed by atoms with Gasteiger partial charge < -0.3 is 4.74 Å². The molecular formula is C27H40O. The molecule has 4 aliphatic rings. The molecule has 5 atom stereocenters. The maximum atomic E-state index is 6.32. The van der Waals surface area contributed by atoms with Crippen LogP contribution >= 0.6 is 0 Å². The monoisotopic (exact) mass is 380 g/mol. The largest absolute Gasteiger partial charge is 0.490 e. The Hall–Kier alpha value is -0.980. The highest BCUT2D eigenvalue weighted by Gasteiger charge is 2.60. The number of hydrogen-bond donors (Lipinski definition) is 0. The van der Waals surface area contributed by atoms with Crippen LogP contribution in [0, 0.1) is 28.6 Å². The van der Waals surface area contributed by atoms with Crippen LogP contribution in [0.5, 0.6) is 5.75 Å². The van der Waals surface area contributed by atoms with Gasteiger partial charge in [0, 0.05) is 0 Å². The second-order valence-corrected chi connectivity index (χ2v) is 11.4. The molecule has 1 aromatic carbocycles. The topological polar surface area (TPSA) is 9.23 Å². The van der Waals surface area contributed by atoms with Crippen molar-refractivity contribution in [2.45, 2.75) is 104 Å². The zero-order chi connectivity index (χ0) is 19.5. The molecule has 0 unspecified atom stereocenters. The fourth-order valence-corrected chi connectivity index (χ4v) is 8.08. The average molecular weight is 381 g/mol. The molecule has 28 heavy (non-hydrogen) atoms. The molecular weight excluding hydrogens is 340 g/mol. The molecule has 0 N–H and O–H groups in total. The Balaban J connectivity index is 1.39. The minimum atomic E-state index is 0.469. The first-order chi connectivity index (χ1) is 13.4. The second-order valence-electron chi connectivity index (χ2n) is 11.4. The van der Waals surface area contributed by atoms with Crippen LogP contribution in [-0.4, -0.2) is 6.10 Å². The summed E-state index contributed by atoms with van der Waals surface area (Å²) in [5, 5.41) is 0. The van der Waals surface area contributed by atoms with Crippen LogP contribution in [0.25, 0.3) is 0 Å². The third kappa shape index (κ3) is 2.71. The Morgan fingerprint density at radius 3 is 2.50 bits per heavy atom. The van der Waals surface area contributed by atoms with Gasteiger partial charge in [-0.05, 0) is 122 Å². The van der Waals surface area contributed by atoms with E-state index in [4.69, 9.17) is 4.74 Å². The van der Waals surface area contributed by atoms with E-state index >= 15 is 0 Å². The lowest BCUT2D eigenvalue weighted by molar-refractivity contribution is -0.0418. The Bertz CT molecular complexity index is 730. The molecule has 0 amide bonds. The summed E-state index contributed by atoms with van der Waals surface area (Å²) in [5.74, 6) is 4.58. The van der Waals surface area contributed by atoms with Gasteiger partial charge in [-0.25, -0.2) is 0 Å². The van der Waals surface area contributed by atoms with Gasteiger partial charge in [0.25, 0.3) is 0 Å². The number of benzene rings is 1. The van der Waals surface area contributed by atoms with E-state index in [0.29, 0.717) is 16.9 Å². The third-order valence-corrected chi connectivity index (χ3v) is 10.2. The molecule has 0 saturated heterocycles. The Kier molecular flexibility index (Phi) is 4.60. The van der Waals surface area contributed by atoms with Crippen LogP contribution < -0.4 is 4.74 Å². The standard InChI is InChI=1S/C27H40O/c1-18(2)26(3)16-14-25-24-11-9-19-17-21(28-20-7-5-6-8-20)10-12-22(19)23(24)13-15-27(25,26)4/h10,12,17-18,20,23-25H,5-9,11,13-16H2,1-4H3/t23-,24-,25+,26-,27+/m1/s1. The number of rotatable bonds is 3. The maximum absolute atomic E-state index is 6.32. The summed E-state index contributed by atoms with van der Waals surface area (Å²) >= 11 is 0. The van der Waals surface area contributed by atoms with Gasteiger partial charge in [-0.1, -0.05) is 33.8 Å². The van der Waals surface area contributed by atoms with E-state index in [0.717, 1.165) is 29.4 Å². The van der Waals surface area contributed by atoms with E-state index < -0.39 is 0 Å². The maximum Gasteiger partial charge on any atom is 0.120 e. The van der Waals surface area contributed by atoms with Gasteiger partial charge in [0.2, 0.25) is 0 Å². The highest BCUT2D eigenvalue weighted by molar-refractivity contribution is 5.41. The van der Waals surface area contributed by atoms with Crippen molar-refractivity contribution in [3.05, 3.63) is 29.3 Å². The van der Waals surface area contributed by atoms with Gasteiger partial charge in [0.05, 0.1) is 6.10 Å². The first-order valence-corrected chi connectivity index (χ1v) is 12.2. The van der Waals surface area contributed by atoms with Gasteiger partial charge in [-0.15, -0.1) is 0 Å². The Morgan fingerprint density at radius 2 is 1.75 bits per heavy atom. The van der Waals surface area contributed by atoms with E-state index in [1.54, 1.807) is 11.1 Å². The molecule has 3 fully saturated rings. The fraction of sp³-hybridized carbons (Fsp3) is 0.778. The van der Waals surface area contributed by atoms with Crippen molar-refractivity contribution in [3.8, 4) is 5.75 Å². The smallest absolute Gasteiger partial charge is 0.120 e. The summed E-state index contributed by atoms with van der Waals surface area (Å²) in [5.41, 5.74) is 4.35. The molecule has 0 spiro atoms. The quantitative estimate of drug-likeness (QED) is 0.526. The minimum Gasteiger partial charge on any atom is -0.490 e. The van der Waals surface area contributed by atoms with Crippen molar-refractivity contribution in [3.63, 3.8) is 0 Å². The first-order valence-electron chi connectivity index (χ1n) is 12.2. The minimum absolute atomic E-state index is 0.469. The van der Waals surface area contributed by atoms with Crippen LogP contribution in [0.15, 0.2) is 18.2 Å². The SMILES string of the molecule is CC(C)[C@@]1(C)CC[C@H]2[C@@H]3CCc4cc(OC5CCCC5)ccc4[C@H]3CC[C@@]21C. The van der Waals surface area contributed by atoms with Crippen molar-refractivity contribution in [2.24, 2.45) is 28.6 Å². The number of hydrogen-bond acceptors (Lipinski definition) is 1. The van der Waals surface area contributed by atoms with Crippen molar-refractivity contribution in [1.82, 2.24) is 0 Å². The highest BCUT2D eigenvalue weighted by Crippen LogP contribution is 2.69. The van der Waals surface area contributed by atoms with E-state index in [1.807, 2.05) is 0 Å². The summed E-state index contributed by atoms with van der Waals surface area (Å²) in [6.07, 6.45) is 14.0. The molecule has 4 aliphatic carbocycles. The molecule has 5 rings (SSSR count). The molecule has 0 aromatic heterocycles. The van der Waals surface area contributed by atoms with E-state index in [-0.39, 0.29) is 0 Å². The van der Waals surface area contributed by atoms with Crippen LogP contribution in [-0.2, 0) is 6.42 Å². The van der Waals surface area contributed by atoms with Crippen molar-refractivity contribution < 1.29 is 4.74 Å². The second kappa shape index (κ2) is 6.78. The molecule has 154 valence electrons. The predicted octanol–water partition coefficient (Wildman–Crippen LogP) is 7.53. The van der Waals surface area contributed by atoms with Gasteiger partial charge in [-0.3, -0.25) is 0 Å². The van der Waals surface area contributed by atoms with Gasteiger partial charge >= 0.3 is 0 Å². The third-order valence-electron chi connectivity index (χ3n) is 10.2. The summed E-state index contributed by atoms with van der Waals surface area (Å²) in [6.45, 7) is 10.2. The van der Waals surface area contributed by atoms with Crippen molar-refractivity contribution in [2.75, 3.05) is 0 Å². The van der Waals surface area contributed by atoms with E-state index in [2.05, 4.69) is 45.9 Å². The Labute approximate surface area is 172 Å². The molecule has 1 nitrogen and oxygen atoms in total. The lowest BCUT2D eigenvalue weighted by Gasteiger charge is -2.55. The zero-order valence-corrected chi connectivity index (χ0v) is 18.6. The van der Waals surface area contributed by atoms with Crippen molar-refractivity contribution in [1.29, 1.82) is 0 Å². The number of fused-ring (bicyclic) bond motifs is 5. The molecule has 1 heteroatoms. The average Bonchev–Trinajstić information content (AvgIpc) is 3.28. The first kappa shape index (κ1) is 19.0. The normalized spacial score (nSPS) is 40.2. The predicted molar refractivity (Wildman–Crippen MR) is 117 cm³/mol. The lowest BCUT2D eigenvalue weighted by Crippen LogP contribution is -2.47. The number of ether oxygens (including phenoxy) is 1. The number of aryl methyl sites for hydroxylation is 1. The van der Waals surface area contributed by atoms with Crippen LogP contribution in [0.1, 0.15) is 103 Å². The van der Waals surface area contributed by atoms with Gasteiger partial charge in [0.15, 0.2) is 0 Å². The summed E-state index contributed by atoms with van der Waals surface area (Å²) in [6, 6.07) is 7.15. The van der Waals surface area contributed by atoms with E-state index in [9.17, 15) is 0 Å². The molecule has 3 saturated carbocycles. The lowest BCUT2D eigenvalue weighted by atomic mass is 9.49. The van der Waals surface area contributed by atoms with Gasteiger partial charge in [-0.2, -0.15) is 0 Å². The molecule has 1 aromatic rings. The highest BCUT2D eigenvalue weighted by atomic mass is 16.5. The zero-order valence-electron chi connectivity index (χ0n) is 18.6. The van der Waals surface area contributed by atoms with Gasteiger partial charge in [0.1, 0.15) is 5.75 Å². The van der Waals surface area contributed by atoms with Crippen molar-refractivity contribution >= 4 is 0 Å². The van der Waals surface area contributed by atoms with E-state index in [1.165, 1.54) is 64.2 Å².